The quantitative estimate of drug-likeness (QED) is 0.819. The number of anilines is 1. The van der Waals surface area contributed by atoms with E-state index in [4.69, 9.17) is 4.74 Å². The Balaban J connectivity index is 1.33. The summed E-state index contributed by atoms with van der Waals surface area (Å²) in [6.07, 6.45) is 0.958. The van der Waals surface area contributed by atoms with Gasteiger partial charge in [-0.05, 0) is 48.7 Å². The van der Waals surface area contributed by atoms with Crippen molar-refractivity contribution in [3.63, 3.8) is 0 Å². The van der Waals surface area contributed by atoms with Gasteiger partial charge in [0.25, 0.3) is 0 Å². The molecule has 5 heteroatoms. The fourth-order valence-electron chi connectivity index (χ4n) is 4.26. The summed E-state index contributed by atoms with van der Waals surface area (Å²) in [5.74, 6) is 1.14. The minimum Gasteiger partial charge on any atom is -0.497 e. The van der Waals surface area contributed by atoms with Crippen LogP contribution in [0.15, 0.2) is 48.5 Å². The van der Waals surface area contributed by atoms with Gasteiger partial charge in [0, 0.05) is 45.0 Å². The molecule has 2 aliphatic rings. The van der Waals surface area contributed by atoms with Gasteiger partial charge < -0.3 is 14.5 Å². The molecule has 1 atom stereocenters. The second-order valence-corrected chi connectivity index (χ2v) is 7.68. The van der Waals surface area contributed by atoms with E-state index in [0.717, 1.165) is 51.4 Å². The molecule has 1 saturated heterocycles. The second kappa shape index (κ2) is 8.23. The summed E-state index contributed by atoms with van der Waals surface area (Å²) in [4.78, 5) is 19.8. The molecule has 2 heterocycles. The normalized spacial score (nSPS) is 18.5. The van der Waals surface area contributed by atoms with Crippen LogP contribution in [0.5, 0.6) is 5.75 Å². The molecule has 0 saturated carbocycles. The molecule has 2 aliphatic heterocycles. The van der Waals surface area contributed by atoms with Crippen molar-refractivity contribution in [1.82, 2.24) is 9.80 Å². The number of hydrogen-bond donors (Lipinski definition) is 0. The van der Waals surface area contributed by atoms with Crippen LogP contribution in [0.1, 0.15) is 18.1 Å². The van der Waals surface area contributed by atoms with Crippen molar-refractivity contribution in [1.29, 1.82) is 0 Å². The van der Waals surface area contributed by atoms with Gasteiger partial charge >= 0.3 is 0 Å². The van der Waals surface area contributed by atoms with Crippen LogP contribution < -0.4 is 9.64 Å². The number of carbonyl (C=O) groups is 1. The van der Waals surface area contributed by atoms with Gasteiger partial charge in [0.1, 0.15) is 5.75 Å². The van der Waals surface area contributed by atoms with Crippen molar-refractivity contribution < 1.29 is 9.53 Å². The number of amides is 1. The van der Waals surface area contributed by atoms with Crippen LogP contribution in [-0.4, -0.2) is 61.6 Å². The maximum atomic E-state index is 13.1. The fraction of sp³-hybridized carbons (Fsp3) is 0.435. The van der Waals surface area contributed by atoms with E-state index in [1.165, 1.54) is 16.8 Å². The zero-order chi connectivity index (χ0) is 19.5. The topological polar surface area (TPSA) is 36.0 Å². The highest BCUT2D eigenvalue weighted by Crippen LogP contribution is 2.23. The largest absolute Gasteiger partial charge is 0.497 e. The first-order valence-electron chi connectivity index (χ1n) is 10.1. The molecule has 5 nitrogen and oxygen atoms in total. The van der Waals surface area contributed by atoms with Crippen molar-refractivity contribution in [3.05, 3.63) is 59.7 Å². The third kappa shape index (κ3) is 3.85. The molecule has 28 heavy (non-hydrogen) atoms. The molecule has 0 aliphatic carbocycles. The van der Waals surface area contributed by atoms with Gasteiger partial charge in [0.15, 0.2) is 0 Å². The van der Waals surface area contributed by atoms with Crippen molar-refractivity contribution in [2.24, 2.45) is 0 Å². The number of carbonyl (C=O) groups excluding carboxylic acids is 1. The molecule has 0 spiro atoms. The van der Waals surface area contributed by atoms with Crippen LogP contribution in [0.2, 0.25) is 0 Å². The van der Waals surface area contributed by atoms with Crippen molar-refractivity contribution in [2.45, 2.75) is 25.9 Å². The Labute approximate surface area is 167 Å². The van der Waals surface area contributed by atoms with E-state index in [9.17, 15) is 4.79 Å². The molecule has 0 aromatic heterocycles. The van der Waals surface area contributed by atoms with E-state index in [0.29, 0.717) is 0 Å². The predicted octanol–water partition coefficient (Wildman–Crippen LogP) is 2.79. The lowest BCUT2D eigenvalue weighted by Crippen LogP contribution is -2.55. The van der Waals surface area contributed by atoms with Crippen LogP contribution in [0, 0.1) is 0 Å². The first-order chi connectivity index (χ1) is 13.7. The number of piperazine rings is 1. The van der Waals surface area contributed by atoms with Crippen LogP contribution in [0.25, 0.3) is 0 Å². The van der Waals surface area contributed by atoms with E-state index in [-0.39, 0.29) is 11.9 Å². The lowest BCUT2D eigenvalue weighted by Gasteiger charge is -2.40. The minimum atomic E-state index is -0.0664. The highest BCUT2D eigenvalue weighted by atomic mass is 16.5. The lowest BCUT2D eigenvalue weighted by atomic mass is 9.99. The van der Waals surface area contributed by atoms with Gasteiger partial charge in [0.2, 0.25) is 5.91 Å². The molecular formula is C23H29N3O2. The SMILES string of the molecule is COc1ccc(N2CCN([C@@H](C)C(=O)N3CCc4ccccc4C3)CC2)cc1. The second-order valence-electron chi connectivity index (χ2n) is 7.68. The van der Waals surface area contributed by atoms with Gasteiger partial charge in [-0.2, -0.15) is 0 Å². The summed E-state index contributed by atoms with van der Waals surface area (Å²) in [5.41, 5.74) is 3.89. The summed E-state index contributed by atoms with van der Waals surface area (Å²) in [6, 6.07) is 16.6. The van der Waals surface area contributed by atoms with Crippen LogP contribution in [-0.2, 0) is 17.8 Å². The molecular weight excluding hydrogens is 350 g/mol. The number of ether oxygens (including phenoxy) is 1. The number of fused-ring (bicyclic) bond motifs is 1. The molecule has 0 unspecified atom stereocenters. The number of rotatable bonds is 4. The first kappa shape index (κ1) is 18.8. The van der Waals surface area contributed by atoms with Gasteiger partial charge in [-0.3, -0.25) is 9.69 Å². The Kier molecular flexibility index (Phi) is 5.53. The Morgan fingerprint density at radius 3 is 2.29 bits per heavy atom. The maximum absolute atomic E-state index is 13.1. The Morgan fingerprint density at radius 2 is 1.61 bits per heavy atom. The predicted molar refractivity (Wildman–Crippen MR) is 112 cm³/mol. The van der Waals surface area contributed by atoms with Gasteiger partial charge in [0.05, 0.1) is 13.2 Å². The zero-order valence-corrected chi connectivity index (χ0v) is 16.8. The van der Waals surface area contributed by atoms with E-state index in [2.05, 4.69) is 53.1 Å². The summed E-state index contributed by atoms with van der Waals surface area (Å²) >= 11 is 0. The molecule has 0 bridgehead atoms. The van der Waals surface area contributed by atoms with Gasteiger partial charge in [-0.1, -0.05) is 24.3 Å². The van der Waals surface area contributed by atoms with E-state index < -0.39 is 0 Å². The molecule has 1 amide bonds. The zero-order valence-electron chi connectivity index (χ0n) is 16.8. The molecule has 0 N–H and O–H groups in total. The van der Waals surface area contributed by atoms with Crippen LogP contribution >= 0.6 is 0 Å². The van der Waals surface area contributed by atoms with Crippen molar-refractivity contribution in [2.75, 3.05) is 44.7 Å². The molecule has 4 rings (SSSR count). The summed E-state index contributed by atoms with van der Waals surface area (Å²) < 4.78 is 5.24. The van der Waals surface area contributed by atoms with Crippen molar-refractivity contribution in [3.8, 4) is 5.75 Å². The Hall–Kier alpha value is -2.53. The minimum absolute atomic E-state index is 0.0664. The Morgan fingerprint density at radius 1 is 0.929 bits per heavy atom. The van der Waals surface area contributed by atoms with E-state index >= 15 is 0 Å². The molecule has 2 aromatic rings. The van der Waals surface area contributed by atoms with Crippen LogP contribution in [0.3, 0.4) is 0 Å². The van der Waals surface area contributed by atoms with Gasteiger partial charge in [-0.15, -0.1) is 0 Å². The summed E-state index contributed by atoms with van der Waals surface area (Å²) in [5, 5.41) is 0. The standard InChI is InChI=1S/C23H29N3O2/c1-18(23(27)26-12-11-19-5-3-4-6-20(19)17-26)24-13-15-25(16-14-24)21-7-9-22(28-2)10-8-21/h3-10,18H,11-17H2,1-2H3/t18-/m0/s1. The maximum Gasteiger partial charge on any atom is 0.239 e. The van der Waals surface area contributed by atoms with Crippen molar-refractivity contribution >= 4 is 11.6 Å². The first-order valence-corrected chi connectivity index (χ1v) is 10.1. The Bertz CT molecular complexity index is 813. The highest BCUT2D eigenvalue weighted by molar-refractivity contribution is 5.81. The summed E-state index contributed by atoms with van der Waals surface area (Å²) in [6.45, 7) is 7.31. The smallest absolute Gasteiger partial charge is 0.239 e. The number of hydrogen-bond acceptors (Lipinski definition) is 4. The van der Waals surface area contributed by atoms with E-state index in [1.807, 2.05) is 17.0 Å². The number of benzene rings is 2. The lowest BCUT2D eigenvalue weighted by molar-refractivity contribution is -0.137. The highest BCUT2D eigenvalue weighted by Gasteiger charge is 2.30. The molecule has 2 aromatic carbocycles. The average molecular weight is 380 g/mol. The summed E-state index contributed by atoms with van der Waals surface area (Å²) in [7, 11) is 1.69. The molecule has 148 valence electrons. The third-order valence-corrected chi connectivity index (χ3v) is 6.10. The third-order valence-electron chi connectivity index (χ3n) is 6.10. The fourth-order valence-corrected chi connectivity index (χ4v) is 4.26. The van der Waals surface area contributed by atoms with Gasteiger partial charge in [-0.25, -0.2) is 0 Å². The average Bonchev–Trinajstić information content (AvgIpc) is 2.78. The molecule has 0 radical (unpaired) electrons. The molecule has 1 fully saturated rings. The van der Waals surface area contributed by atoms with Crippen LogP contribution in [0.4, 0.5) is 5.69 Å². The van der Waals surface area contributed by atoms with E-state index in [1.54, 1.807) is 7.11 Å². The number of nitrogens with zero attached hydrogens (tertiary/aromatic N) is 3. The number of methoxy groups -OCH3 is 1. The monoisotopic (exact) mass is 379 g/mol.